The zero-order valence-electron chi connectivity index (χ0n) is 7.31. The molecular weight excluding hydrogens is 196 g/mol. The topological polar surface area (TPSA) is 56.0 Å². The van der Waals surface area contributed by atoms with Crippen molar-refractivity contribution in [2.45, 2.75) is 0 Å². The smallest absolute Gasteiger partial charge is 0.160 e. The number of hydrogen-bond donors (Lipinski definition) is 1. The number of carbonyl (C=O) groups is 1. The third-order valence-corrected chi connectivity index (χ3v) is 2.74. The van der Waals surface area contributed by atoms with Gasteiger partial charge in [-0.3, -0.25) is 4.79 Å². The Kier molecular flexibility index (Phi) is 2.28. The van der Waals surface area contributed by atoms with Gasteiger partial charge in [0.25, 0.3) is 0 Å². The first-order valence-corrected chi connectivity index (χ1v) is 4.94. The van der Waals surface area contributed by atoms with E-state index in [2.05, 4.69) is 4.98 Å². The molecule has 0 spiro atoms. The summed E-state index contributed by atoms with van der Waals surface area (Å²) in [7, 11) is 0. The van der Waals surface area contributed by atoms with Crippen LogP contribution < -0.4 is 5.73 Å². The summed E-state index contributed by atoms with van der Waals surface area (Å²) in [6, 6.07) is 5.49. The molecule has 0 saturated carbocycles. The van der Waals surface area contributed by atoms with Gasteiger partial charge in [-0.1, -0.05) is 0 Å². The molecule has 0 aromatic carbocycles. The van der Waals surface area contributed by atoms with Crippen molar-refractivity contribution in [2.75, 3.05) is 5.73 Å². The summed E-state index contributed by atoms with van der Waals surface area (Å²) in [5.41, 5.74) is 7.31. The van der Waals surface area contributed by atoms with Crippen LogP contribution in [0.1, 0.15) is 9.67 Å². The Hall–Kier alpha value is -1.68. The van der Waals surface area contributed by atoms with Gasteiger partial charge in [0.2, 0.25) is 0 Å². The number of anilines is 1. The second kappa shape index (κ2) is 3.59. The molecule has 0 aliphatic rings. The van der Waals surface area contributed by atoms with Crippen LogP contribution in [-0.4, -0.2) is 11.3 Å². The van der Waals surface area contributed by atoms with Crippen LogP contribution in [0, 0.1) is 0 Å². The van der Waals surface area contributed by atoms with Gasteiger partial charge >= 0.3 is 0 Å². The Morgan fingerprint density at radius 2 is 2.21 bits per heavy atom. The maximum absolute atomic E-state index is 10.7. The third-order valence-electron chi connectivity index (χ3n) is 1.90. The van der Waals surface area contributed by atoms with E-state index >= 15 is 0 Å². The first kappa shape index (κ1) is 8.90. The molecule has 2 N–H and O–H groups in total. The van der Waals surface area contributed by atoms with Crippen molar-refractivity contribution in [2.24, 2.45) is 0 Å². The molecule has 0 saturated heterocycles. The highest BCUT2D eigenvalue weighted by atomic mass is 32.1. The predicted molar refractivity (Wildman–Crippen MR) is 57.3 cm³/mol. The van der Waals surface area contributed by atoms with Crippen molar-refractivity contribution in [3.63, 3.8) is 0 Å². The molecule has 2 aromatic heterocycles. The highest BCUT2D eigenvalue weighted by molar-refractivity contribution is 7.12. The second-order valence-electron chi connectivity index (χ2n) is 2.79. The van der Waals surface area contributed by atoms with E-state index in [4.69, 9.17) is 5.73 Å². The number of aldehydes is 1. The van der Waals surface area contributed by atoms with Gasteiger partial charge in [0.05, 0.1) is 4.88 Å². The summed E-state index contributed by atoms with van der Waals surface area (Å²) in [5, 5.41) is 1.88. The van der Waals surface area contributed by atoms with E-state index in [0.29, 0.717) is 5.82 Å². The average Bonchev–Trinajstić information content (AvgIpc) is 2.67. The summed E-state index contributed by atoms with van der Waals surface area (Å²) in [6.45, 7) is 0. The highest BCUT2D eigenvalue weighted by Crippen LogP contribution is 2.26. The molecule has 2 aromatic rings. The molecule has 0 bridgehead atoms. The van der Waals surface area contributed by atoms with E-state index in [-0.39, 0.29) is 0 Å². The molecule has 0 fully saturated rings. The monoisotopic (exact) mass is 204 g/mol. The fourth-order valence-electron chi connectivity index (χ4n) is 1.22. The van der Waals surface area contributed by atoms with Crippen molar-refractivity contribution in [3.05, 3.63) is 34.7 Å². The summed E-state index contributed by atoms with van der Waals surface area (Å²) >= 11 is 1.42. The highest BCUT2D eigenvalue weighted by Gasteiger charge is 2.05. The lowest BCUT2D eigenvalue weighted by Crippen LogP contribution is -1.89. The number of hydrogen-bond acceptors (Lipinski definition) is 4. The van der Waals surface area contributed by atoms with Crippen molar-refractivity contribution in [1.29, 1.82) is 0 Å². The van der Waals surface area contributed by atoms with Gasteiger partial charge in [0.15, 0.2) is 6.29 Å². The summed E-state index contributed by atoms with van der Waals surface area (Å²) in [6.07, 6.45) is 2.53. The Bertz CT molecular complexity index is 447. The maximum atomic E-state index is 10.7. The molecule has 0 aliphatic heterocycles. The van der Waals surface area contributed by atoms with E-state index in [9.17, 15) is 4.79 Å². The van der Waals surface area contributed by atoms with Crippen LogP contribution in [0.15, 0.2) is 29.8 Å². The molecule has 4 heteroatoms. The Labute approximate surface area is 85.2 Å². The molecule has 70 valence electrons. The van der Waals surface area contributed by atoms with Gasteiger partial charge in [-0.15, -0.1) is 11.3 Å². The van der Waals surface area contributed by atoms with Crippen molar-refractivity contribution >= 4 is 23.4 Å². The fourth-order valence-corrected chi connectivity index (χ4v) is 1.93. The fraction of sp³-hybridized carbons (Fsp3) is 0. The normalized spacial score (nSPS) is 10.0. The lowest BCUT2D eigenvalue weighted by molar-refractivity contribution is 0.112. The minimum absolute atomic E-state index is 0.483. The van der Waals surface area contributed by atoms with Gasteiger partial charge in [-0.25, -0.2) is 4.98 Å². The van der Waals surface area contributed by atoms with Gasteiger partial charge in [-0.2, -0.15) is 0 Å². The number of nitrogens with two attached hydrogens (primary N) is 1. The van der Waals surface area contributed by atoms with Gasteiger partial charge in [0.1, 0.15) is 5.82 Å². The van der Waals surface area contributed by atoms with Crippen molar-refractivity contribution in [3.8, 4) is 11.1 Å². The molecule has 2 rings (SSSR count). The summed E-state index contributed by atoms with van der Waals surface area (Å²) in [5.74, 6) is 0.483. The second-order valence-corrected chi connectivity index (χ2v) is 3.74. The van der Waals surface area contributed by atoms with Crippen LogP contribution in [-0.2, 0) is 0 Å². The maximum Gasteiger partial charge on any atom is 0.160 e. The molecule has 0 unspecified atom stereocenters. The molecule has 2 heterocycles. The zero-order chi connectivity index (χ0) is 9.97. The lowest BCUT2D eigenvalue weighted by Gasteiger charge is -1.98. The summed E-state index contributed by atoms with van der Waals surface area (Å²) in [4.78, 5) is 15.4. The average molecular weight is 204 g/mol. The van der Waals surface area contributed by atoms with Gasteiger partial charge < -0.3 is 5.73 Å². The van der Waals surface area contributed by atoms with Crippen LogP contribution in [0.2, 0.25) is 0 Å². The van der Waals surface area contributed by atoms with Crippen LogP contribution in [0.3, 0.4) is 0 Å². The van der Waals surface area contributed by atoms with E-state index < -0.39 is 0 Å². The molecular formula is C10H8N2OS. The molecule has 14 heavy (non-hydrogen) atoms. The first-order chi connectivity index (χ1) is 6.81. The molecule has 3 nitrogen and oxygen atoms in total. The van der Waals surface area contributed by atoms with Crippen molar-refractivity contribution < 1.29 is 4.79 Å². The number of rotatable bonds is 2. The number of nitrogen functional groups attached to an aromatic ring is 1. The van der Waals surface area contributed by atoms with Crippen LogP contribution >= 0.6 is 11.3 Å². The molecule has 0 amide bonds. The Balaban J connectivity index is 2.49. The number of pyridine rings is 1. The quantitative estimate of drug-likeness (QED) is 0.763. The van der Waals surface area contributed by atoms with Gasteiger partial charge in [-0.05, 0) is 23.6 Å². The van der Waals surface area contributed by atoms with E-state index in [1.807, 2.05) is 17.5 Å². The SMILES string of the molecule is Nc1ccc(-c2ccsc2C=O)cn1. The van der Waals surface area contributed by atoms with Crippen LogP contribution in [0.5, 0.6) is 0 Å². The van der Waals surface area contributed by atoms with Crippen LogP contribution in [0.4, 0.5) is 5.82 Å². The van der Waals surface area contributed by atoms with E-state index in [1.165, 1.54) is 11.3 Å². The zero-order valence-corrected chi connectivity index (χ0v) is 8.12. The molecule has 0 atom stereocenters. The van der Waals surface area contributed by atoms with E-state index in [1.54, 1.807) is 12.3 Å². The van der Waals surface area contributed by atoms with Crippen molar-refractivity contribution in [1.82, 2.24) is 4.98 Å². The summed E-state index contributed by atoms with van der Waals surface area (Å²) < 4.78 is 0. The van der Waals surface area contributed by atoms with E-state index in [0.717, 1.165) is 22.3 Å². The predicted octanol–water partition coefficient (Wildman–Crippen LogP) is 2.20. The third kappa shape index (κ3) is 1.52. The van der Waals surface area contributed by atoms with Gasteiger partial charge in [0, 0.05) is 17.3 Å². The lowest BCUT2D eigenvalue weighted by atomic mass is 10.1. The minimum Gasteiger partial charge on any atom is -0.384 e. The number of aromatic nitrogens is 1. The Morgan fingerprint density at radius 3 is 2.86 bits per heavy atom. The molecule has 0 radical (unpaired) electrons. The largest absolute Gasteiger partial charge is 0.384 e. The Morgan fingerprint density at radius 1 is 1.36 bits per heavy atom. The first-order valence-electron chi connectivity index (χ1n) is 4.06. The number of nitrogens with zero attached hydrogens (tertiary/aromatic N) is 1. The number of carbonyl (C=O) groups excluding carboxylic acids is 1. The molecule has 0 aliphatic carbocycles. The standard InChI is InChI=1S/C10H8N2OS/c11-10-2-1-7(5-12-10)8-3-4-14-9(8)6-13/h1-6H,(H2,11,12). The minimum atomic E-state index is 0.483. The number of thiophene rings is 1. The van der Waals surface area contributed by atoms with Crippen LogP contribution in [0.25, 0.3) is 11.1 Å².